The van der Waals surface area contributed by atoms with Gasteiger partial charge in [0.05, 0.1) is 11.6 Å². The van der Waals surface area contributed by atoms with Crippen LogP contribution in [0.3, 0.4) is 0 Å². The smallest absolute Gasteiger partial charge is 0.253 e. The number of aliphatic hydroxyl groups is 1. The number of carbonyl (C=O) groups is 1. The van der Waals surface area contributed by atoms with E-state index >= 15 is 0 Å². The van der Waals surface area contributed by atoms with Crippen molar-refractivity contribution in [3.8, 4) is 5.75 Å². The lowest BCUT2D eigenvalue weighted by Crippen LogP contribution is -2.34. The van der Waals surface area contributed by atoms with E-state index in [1.165, 1.54) is 18.2 Å². The minimum atomic E-state index is -0.174. The number of rotatable bonds is 7. The molecule has 0 saturated heterocycles. The molecule has 0 radical (unpaired) electrons. The first-order valence-electron chi connectivity index (χ1n) is 6.48. The van der Waals surface area contributed by atoms with Crippen LogP contribution in [0.1, 0.15) is 36.5 Å². The Balaban J connectivity index is 2.76. The minimum Gasteiger partial charge on any atom is -0.506 e. The van der Waals surface area contributed by atoms with Gasteiger partial charge >= 0.3 is 0 Å². The predicted molar refractivity (Wildman–Crippen MR) is 75.6 cm³/mol. The van der Waals surface area contributed by atoms with Crippen molar-refractivity contribution in [2.45, 2.75) is 26.2 Å². The number of aliphatic hydroxyl groups excluding tert-OH is 1. The number of amides is 1. The van der Waals surface area contributed by atoms with Gasteiger partial charge in [-0.25, -0.2) is 0 Å². The molecule has 1 aromatic carbocycles. The number of halogens is 1. The first-order valence-corrected chi connectivity index (χ1v) is 6.86. The summed E-state index contributed by atoms with van der Waals surface area (Å²) in [5, 5.41) is 18.5. The van der Waals surface area contributed by atoms with Crippen LogP contribution in [0.4, 0.5) is 0 Å². The Morgan fingerprint density at radius 2 is 2.05 bits per heavy atom. The predicted octanol–water partition coefficient (Wildman–Crippen LogP) is 2.67. The Morgan fingerprint density at radius 1 is 1.32 bits per heavy atom. The van der Waals surface area contributed by atoms with Crippen LogP contribution >= 0.6 is 11.6 Å². The maximum absolute atomic E-state index is 12.3. The highest BCUT2D eigenvalue weighted by atomic mass is 35.5. The number of phenols is 1. The molecule has 1 rings (SSSR count). The normalized spacial score (nSPS) is 10.5. The van der Waals surface area contributed by atoms with Crippen LogP contribution in [0, 0.1) is 0 Å². The Labute approximate surface area is 118 Å². The van der Waals surface area contributed by atoms with Crippen molar-refractivity contribution in [2.75, 3.05) is 19.7 Å². The highest BCUT2D eigenvalue weighted by Gasteiger charge is 2.16. The van der Waals surface area contributed by atoms with E-state index in [9.17, 15) is 9.90 Å². The van der Waals surface area contributed by atoms with Gasteiger partial charge < -0.3 is 15.1 Å². The average Bonchev–Trinajstić information content (AvgIpc) is 2.40. The van der Waals surface area contributed by atoms with Crippen molar-refractivity contribution in [3.05, 3.63) is 28.8 Å². The number of hydrogen-bond donors (Lipinski definition) is 2. The van der Waals surface area contributed by atoms with Crippen molar-refractivity contribution >= 4 is 17.5 Å². The molecule has 0 saturated carbocycles. The summed E-state index contributed by atoms with van der Waals surface area (Å²) in [6.07, 6.45) is 3.03. The Hall–Kier alpha value is -1.26. The molecule has 1 amide bonds. The lowest BCUT2D eigenvalue weighted by molar-refractivity contribution is 0.0718. The third-order valence-corrected chi connectivity index (χ3v) is 3.19. The molecule has 2 N–H and O–H groups in total. The van der Waals surface area contributed by atoms with Crippen LogP contribution in [0.5, 0.6) is 5.75 Å². The van der Waals surface area contributed by atoms with Crippen LogP contribution in [0.2, 0.25) is 5.02 Å². The quantitative estimate of drug-likeness (QED) is 0.757. The summed E-state index contributed by atoms with van der Waals surface area (Å²) in [7, 11) is 0. The summed E-state index contributed by atoms with van der Waals surface area (Å²) in [5.41, 5.74) is 0.424. The Kier molecular flexibility index (Phi) is 6.67. The molecule has 5 heteroatoms. The maximum Gasteiger partial charge on any atom is 0.253 e. The first-order chi connectivity index (χ1) is 9.10. The van der Waals surface area contributed by atoms with Gasteiger partial charge in [0.2, 0.25) is 0 Å². The number of unbranched alkanes of at least 4 members (excludes halogenated alkanes) is 2. The molecule has 0 fully saturated rings. The van der Waals surface area contributed by atoms with Gasteiger partial charge in [-0.05, 0) is 24.6 Å². The van der Waals surface area contributed by atoms with Crippen molar-refractivity contribution in [1.29, 1.82) is 0 Å². The molecule has 0 unspecified atom stereocenters. The van der Waals surface area contributed by atoms with Gasteiger partial charge in [0.1, 0.15) is 5.75 Å². The van der Waals surface area contributed by atoms with Gasteiger partial charge in [-0.2, -0.15) is 0 Å². The number of aromatic hydroxyl groups is 1. The third-order valence-electron chi connectivity index (χ3n) is 2.88. The van der Waals surface area contributed by atoms with E-state index in [4.69, 9.17) is 16.7 Å². The second kappa shape index (κ2) is 8.02. The first kappa shape index (κ1) is 15.8. The molecule has 4 nitrogen and oxygen atoms in total. The monoisotopic (exact) mass is 285 g/mol. The number of hydrogen-bond acceptors (Lipinski definition) is 3. The molecule has 0 bridgehead atoms. The Morgan fingerprint density at radius 3 is 2.63 bits per heavy atom. The van der Waals surface area contributed by atoms with E-state index in [-0.39, 0.29) is 23.3 Å². The van der Waals surface area contributed by atoms with Crippen molar-refractivity contribution in [2.24, 2.45) is 0 Å². The van der Waals surface area contributed by atoms with Gasteiger partial charge in [0.15, 0.2) is 0 Å². The SMILES string of the molecule is CCCCCN(CCO)C(=O)c1ccc(O)c(Cl)c1. The molecular weight excluding hydrogens is 266 g/mol. The van der Waals surface area contributed by atoms with E-state index in [0.29, 0.717) is 18.7 Å². The Bertz CT molecular complexity index is 423. The molecule has 0 spiro atoms. The molecule has 0 aromatic heterocycles. The maximum atomic E-state index is 12.3. The fraction of sp³-hybridized carbons (Fsp3) is 0.500. The molecule has 106 valence electrons. The second-order valence-electron chi connectivity index (χ2n) is 4.39. The minimum absolute atomic E-state index is 0.0436. The van der Waals surface area contributed by atoms with Crippen LogP contribution in [-0.2, 0) is 0 Å². The van der Waals surface area contributed by atoms with E-state index < -0.39 is 0 Å². The van der Waals surface area contributed by atoms with Gasteiger partial charge in [0, 0.05) is 18.7 Å². The van der Waals surface area contributed by atoms with Crippen LogP contribution in [-0.4, -0.2) is 40.7 Å². The van der Waals surface area contributed by atoms with Crippen molar-refractivity contribution in [3.63, 3.8) is 0 Å². The highest BCUT2D eigenvalue weighted by Crippen LogP contribution is 2.24. The summed E-state index contributed by atoms with van der Waals surface area (Å²) >= 11 is 5.80. The zero-order valence-electron chi connectivity index (χ0n) is 11.1. The molecule has 0 aliphatic heterocycles. The standard InChI is InChI=1S/C14H20ClNO3/c1-2-3-4-7-16(8-9-17)14(19)11-5-6-13(18)12(15)10-11/h5-6,10,17-18H,2-4,7-9H2,1H3. The van der Waals surface area contributed by atoms with Crippen LogP contribution in [0.25, 0.3) is 0 Å². The average molecular weight is 286 g/mol. The zero-order valence-corrected chi connectivity index (χ0v) is 11.9. The summed E-state index contributed by atoms with van der Waals surface area (Å²) in [6.45, 7) is 2.95. The van der Waals surface area contributed by atoms with Crippen molar-refractivity contribution < 1.29 is 15.0 Å². The van der Waals surface area contributed by atoms with Crippen LogP contribution in [0.15, 0.2) is 18.2 Å². The molecule has 0 atom stereocenters. The lowest BCUT2D eigenvalue weighted by Gasteiger charge is -2.22. The van der Waals surface area contributed by atoms with Crippen LogP contribution < -0.4 is 0 Å². The van der Waals surface area contributed by atoms with Gasteiger partial charge in [0.25, 0.3) is 5.91 Å². The summed E-state index contributed by atoms with van der Waals surface area (Å²) in [6, 6.07) is 4.38. The van der Waals surface area contributed by atoms with Gasteiger partial charge in [-0.3, -0.25) is 4.79 Å². The molecule has 19 heavy (non-hydrogen) atoms. The number of phenolic OH excluding ortho intramolecular Hbond substituents is 1. The van der Waals surface area contributed by atoms with Crippen molar-refractivity contribution in [1.82, 2.24) is 4.90 Å². The van der Waals surface area contributed by atoms with Gasteiger partial charge in [-0.15, -0.1) is 0 Å². The molecule has 0 heterocycles. The molecule has 0 aliphatic carbocycles. The van der Waals surface area contributed by atoms with Gasteiger partial charge in [-0.1, -0.05) is 31.4 Å². The number of benzene rings is 1. The lowest BCUT2D eigenvalue weighted by atomic mass is 10.1. The van der Waals surface area contributed by atoms with E-state index in [1.54, 1.807) is 4.90 Å². The largest absolute Gasteiger partial charge is 0.506 e. The zero-order chi connectivity index (χ0) is 14.3. The number of carbonyl (C=O) groups excluding carboxylic acids is 1. The summed E-state index contributed by atoms with van der Waals surface area (Å²) in [5.74, 6) is -0.218. The van der Waals surface area contributed by atoms with E-state index in [2.05, 4.69) is 6.92 Å². The molecular formula is C14H20ClNO3. The van der Waals surface area contributed by atoms with E-state index in [0.717, 1.165) is 19.3 Å². The summed E-state index contributed by atoms with van der Waals surface area (Å²) in [4.78, 5) is 13.9. The van der Waals surface area contributed by atoms with E-state index in [1.807, 2.05) is 0 Å². The third kappa shape index (κ3) is 4.73. The fourth-order valence-corrected chi connectivity index (χ4v) is 1.99. The molecule has 0 aliphatic rings. The summed E-state index contributed by atoms with van der Waals surface area (Å²) < 4.78 is 0. The highest BCUT2D eigenvalue weighted by molar-refractivity contribution is 6.32. The molecule has 1 aromatic rings. The fourth-order valence-electron chi connectivity index (χ4n) is 1.81. The second-order valence-corrected chi connectivity index (χ2v) is 4.80. The topological polar surface area (TPSA) is 60.8 Å². The number of nitrogens with zero attached hydrogens (tertiary/aromatic N) is 1.